The molecule has 0 bridgehead atoms. The van der Waals surface area contributed by atoms with E-state index in [0.29, 0.717) is 30.2 Å². The molecule has 0 fully saturated rings. The molecule has 0 radical (unpaired) electrons. The molecule has 0 aliphatic heterocycles. The van der Waals surface area contributed by atoms with Gasteiger partial charge in [0, 0.05) is 25.1 Å². The van der Waals surface area contributed by atoms with E-state index in [4.69, 9.17) is 10.5 Å². The molecule has 1 heterocycles. The Bertz CT molecular complexity index is 558. The minimum absolute atomic E-state index is 0.111. The molecule has 6 nitrogen and oxygen atoms in total. The zero-order valence-corrected chi connectivity index (χ0v) is 11.4. The van der Waals surface area contributed by atoms with Crippen LogP contribution in [0.2, 0.25) is 0 Å². The molecule has 0 aliphatic carbocycles. The van der Waals surface area contributed by atoms with Crippen LogP contribution < -0.4 is 15.8 Å². The molecule has 0 aliphatic rings. The van der Waals surface area contributed by atoms with Crippen LogP contribution in [0.15, 0.2) is 23.0 Å². The molecule has 2 aromatic rings. The van der Waals surface area contributed by atoms with Gasteiger partial charge in [0.2, 0.25) is 6.39 Å². The number of rotatable bonds is 6. The van der Waals surface area contributed by atoms with Gasteiger partial charge in [0.15, 0.2) is 17.4 Å². The molecule has 7 heteroatoms. The van der Waals surface area contributed by atoms with Crippen molar-refractivity contribution in [3.8, 4) is 5.75 Å². The Morgan fingerprint density at radius 2 is 2.25 bits per heavy atom. The summed E-state index contributed by atoms with van der Waals surface area (Å²) in [6.45, 7) is 4.22. The van der Waals surface area contributed by atoms with E-state index in [9.17, 15) is 4.39 Å². The van der Waals surface area contributed by atoms with Crippen molar-refractivity contribution in [1.82, 2.24) is 10.1 Å². The molecular formula is C13H17FN4O2. The Hall–Kier alpha value is -2.31. The second kappa shape index (κ2) is 6.23. The van der Waals surface area contributed by atoms with Crippen LogP contribution in [0.1, 0.15) is 19.7 Å². The summed E-state index contributed by atoms with van der Waals surface area (Å²) in [5, 5.41) is 6.80. The van der Waals surface area contributed by atoms with E-state index in [1.165, 1.54) is 12.5 Å². The van der Waals surface area contributed by atoms with Crippen molar-refractivity contribution in [2.75, 3.05) is 17.6 Å². The van der Waals surface area contributed by atoms with Crippen molar-refractivity contribution in [3.05, 3.63) is 30.2 Å². The summed E-state index contributed by atoms with van der Waals surface area (Å²) >= 11 is 0. The number of hydrogen-bond acceptors (Lipinski definition) is 6. The Morgan fingerprint density at radius 1 is 1.45 bits per heavy atom. The maximum absolute atomic E-state index is 13.7. The number of hydrogen-bond donors (Lipinski definition) is 2. The van der Waals surface area contributed by atoms with Crippen molar-refractivity contribution in [2.45, 2.75) is 26.4 Å². The zero-order chi connectivity index (χ0) is 14.5. The topological polar surface area (TPSA) is 86.2 Å². The number of nitrogens with two attached hydrogens (primary N) is 1. The van der Waals surface area contributed by atoms with Gasteiger partial charge in [0.1, 0.15) is 0 Å². The van der Waals surface area contributed by atoms with Crippen LogP contribution in [0, 0.1) is 5.82 Å². The highest BCUT2D eigenvalue weighted by Crippen LogP contribution is 2.28. The molecule has 0 spiro atoms. The van der Waals surface area contributed by atoms with Gasteiger partial charge < -0.3 is 20.3 Å². The summed E-state index contributed by atoms with van der Waals surface area (Å²) in [6.07, 6.45) is 1.74. The summed E-state index contributed by atoms with van der Waals surface area (Å²) < 4.78 is 23.7. The first-order valence-corrected chi connectivity index (χ1v) is 6.31. The number of ether oxygens (including phenoxy) is 1. The van der Waals surface area contributed by atoms with E-state index in [0.717, 1.165) is 0 Å². The predicted molar refractivity (Wildman–Crippen MR) is 73.1 cm³/mol. The van der Waals surface area contributed by atoms with Crippen molar-refractivity contribution in [2.24, 2.45) is 0 Å². The summed E-state index contributed by atoms with van der Waals surface area (Å²) in [5.41, 5.74) is 6.71. The Kier molecular flexibility index (Phi) is 4.39. The van der Waals surface area contributed by atoms with Gasteiger partial charge in [0.25, 0.3) is 0 Å². The first kappa shape index (κ1) is 14.1. The lowest BCUT2D eigenvalue weighted by atomic mass is 10.2. The summed E-state index contributed by atoms with van der Waals surface area (Å²) in [6, 6.07) is 2.80. The molecule has 0 unspecified atom stereocenters. The van der Waals surface area contributed by atoms with Crippen LogP contribution >= 0.6 is 0 Å². The lowest BCUT2D eigenvalue weighted by molar-refractivity contribution is 0.231. The van der Waals surface area contributed by atoms with Crippen LogP contribution in [-0.4, -0.2) is 22.8 Å². The number of halogens is 1. The molecule has 0 saturated heterocycles. The van der Waals surface area contributed by atoms with Crippen LogP contribution in [-0.2, 0) is 6.42 Å². The van der Waals surface area contributed by atoms with Crippen LogP contribution in [0.5, 0.6) is 5.75 Å². The predicted octanol–water partition coefficient (Wildman–Crippen LogP) is 2.23. The van der Waals surface area contributed by atoms with Crippen LogP contribution in [0.3, 0.4) is 0 Å². The average molecular weight is 280 g/mol. The van der Waals surface area contributed by atoms with Crippen molar-refractivity contribution in [1.29, 1.82) is 0 Å². The van der Waals surface area contributed by atoms with Gasteiger partial charge in [-0.15, -0.1) is 0 Å². The molecule has 3 N–H and O–H groups in total. The van der Waals surface area contributed by atoms with Crippen molar-refractivity contribution < 1.29 is 13.7 Å². The molecule has 1 aromatic carbocycles. The van der Waals surface area contributed by atoms with Crippen molar-refractivity contribution >= 4 is 11.4 Å². The first-order valence-electron chi connectivity index (χ1n) is 6.31. The Morgan fingerprint density at radius 3 is 2.90 bits per heavy atom. The zero-order valence-electron chi connectivity index (χ0n) is 11.4. The molecule has 0 amide bonds. The monoisotopic (exact) mass is 280 g/mol. The Balaban J connectivity index is 2.02. The molecule has 20 heavy (non-hydrogen) atoms. The Labute approximate surface area is 116 Å². The van der Waals surface area contributed by atoms with Gasteiger partial charge >= 0.3 is 0 Å². The standard InChI is InChI=1S/C13H17FN4O2/c1-8(2)20-12-6-11(10(15)5-9(12)14)16-4-3-13-17-7-19-18-13/h5-8,16H,3-4,15H2,1-2H3. The number of benzene rings is 1. The van der Waals surface area contributed by atoms with E-state index >= 15 is 0 Å². The highest BCUT2D eigenvalue weighted by Gasteiger charge is 2.10. The van der Waals surface area contributed by atoms with Crippen molar-refractivity contribution in [3.63, 3.8) is 0 Å². The van der Waals surface area contributed by atoms with Gasteiger partial charge in [-0.2, -0.15) is 4.98 Å². The van der Waals surface area contributed by atoms with Gasteiger partial charge in [-0.05, 0) is 13.8 Å². The number of aromatic nitrogens is 2. The van der Waals surface area contributed by atoms with E-state index in [1.807, 2.05) is 13.8 Å². The van der Waals surface area contributed by atoms with E-state index in [-0.39, 0.29) is 11.9 Å². The maximum atomic E-state index is 13.7. The van der Waals surface area contributed by atoms with E-state index < -0.39 is 5.82 Å². The molecule has 1 aromatic heterocycles. The van der Waals surface area contributed by atoms with E-state index in [2.05, 4.69) is 20.0 Å². The largest absolute Gasteiger partial charge is 0.488 e. The van der Waals surface area contributed by atoms with Crippen LogP contribution in [0.4, 0.5) is 15.8 Å². The minimum atomic E-state index is -0.472. The highest BCUT2D eigenvalue weighted by atomic mass is 19.1. The minimum Gasteiger partial charge on any atom is -0.488 e. The molecule has 2 rings (SSSR count). The lowest BCUT2D eigenvalue weighted by Crippen LogP contribution is -2.11. The van der Waals surface area contributed by atoms with Gasteiger partial charge in [0.05, 0.1) is 17.5 Å². The maximum Gasteiger partial charge on any atom is 0.213 e. The number of nitrogens with zero attached hydrogens (tertiary/aromatic N) is 2. The lowest BCUT2D eigenvalue weighted by Gasteiger charge is -2.14. The summed E-state index contributed by atoms with van der Waals surface area (Å²) in [7, 11) is 0. The smallest absolute Gasteiger partial charge is 0.213 e. The van der Waals surface area contributed by atoms with E-state index in [1.54, 1.807) is 6.07 Å². The highest BCUT2D eigenvalue weighted by molar-refractivity contribution is 5.68. The summed E-state index contributed by atoms with van der Waals surface area (Å²) in [5.74, 6) is 0.299. The molecule has 108 valence electrons. The van der Waals surface area contributed by atoms with Gasteiger partial charge in [-0.1, -0.05) is 5.16 Å². The second-order valence-electron chi connectivity index (χ2n) is 4.56. The fourth-order valence-corrected chi connectivity index (χ4v) is 1.68. The summed E-state index contributed by atoms with van der Waals surface area (Å²) in [4.78, 5) is 3.91. The number of nitrogens with one attached hydrogen (secondary N) is 1. The average Bonchev–Trinajstić information content (AvgIpc) is 2.87. The third-order valence-corrected chi connectivity index (χ3v) is 2.54. The van der Waals surface area contributed by atoms with Gasteiger partial charge in [-0.25, -0.2) is 4.39 Å². The fourth-order valence-electron chi connectivity index (χ4n) is 1.68. The second-order valence-corrected chi connectivity index (χ2v) is 4.56. The third-order valence-electron chi connectivity index (χ3n) is 2.54. The quantitative estimate of drug-likeness (QED) is 0.789. The number of anilines is 2. The molecule has 0 atom stereocenters. The number of nitrogen functional groups attached to an aromatic ring is 1. The first-order chi connectivity index (χ1) is 9.56. The third kappa shape index (κ3) is 3.59. The molecular weight excluding hydrogens is 263 g/mol. The fraction of sp³-hybridized carbons (Fsp3) is 0.385. The molecule has 0 saturated carbocycles. The SMILES string of the molecule is CC(C)Oc1cc(NCCc2ncon2)c(N)cc1F. The normalized spacial score (nSPS) is 10.8. The van der Waals surface area contributed by atoms with Crippen LogP contribution in [0.25, 0.3) is 0 Å². The van der Waals surface area contributed by atoms with Gasteiger partial charge in [-0.3, -0.25) is 0 Å².